The van der Waals surface area contributed by atoms with Crippen LogP contribution < -0.4 is 4.90 Å². The van der Waals surface area contributed by atoms with Gasteiger partial charge in [-0.25, -0.2) is 4.98 Å². The highest BCUT2D eigenvalue weighted by Crippen LogP contribution is 2.44. The van der Waals surface area contributed by atoms with Gasteiger partial charge in [0.2, 0.25) is 0 Å². The zero-order valence-electron chi connectivity index (χ0n) is 18.6. The number of benzene rings is 3. The number of aryl methyl sites for hydroxylation is 2. The summed E-state index contributed by atoms with van der Waals surface area (Å²) in [7, 11) is 0. The summed E-state index contributed by atoms with van der Waals surface area (Å²) < 4.78 is 1.82. The van der Waals surface area contributed by atoms with Crippen LogP contribution in [0.1, 0.15) is 35.2 Å². The minimum atomic E-state index is -0.791. The molecular formula is C27H21BrN2O3S. The van der Waals surface area contributed by atoms with Crippen molar-refractivity contribution in [2.75, 3.05) is 4.90 Å². The van der Waals surface area contributed by atoms with Gasteiger partial charge in [0.25, 0.3) is 5.78 Å². The highest BCUT2D eigenvalue weighted by atomic mass is 79.9. The normalized spacial score (nSPS) is 17.6. The Morgan fingerprint density at radius 3 is 2.44 bits per heavy atom. The average molecular weight is 533 g/mol. The molecule has 1 aromatic heterocycles. The van der Waals surface area contributed by atoms with Gasteiger partial charge < -0.3 is 5.11 Å². The van der Waals surface area contributed by atoms with E-state index in [1.807, 2.05) is 55.5 Å². The first kappa shape index (κ1) is 22.5. The summed E-state index contributed by atoms with van der Waals surface area (Å²) >= 11 is 4.81. The van der Waals surface area contributed by atoms with Gasteiger partial charge in [0, 0.05) is 10.0 Å². The number of aliphatic hydroxyl groups is 1. The Labute approximate surface area is 209 Å². The van der Waals surface area contributed by atoms with E-state index in [9.17, 15) is 14.7 Å². The van der Waals surface area contributed by atoms with Crippen molar-refractivity contribution in [1.29, 1.82) is 0 Å². The molecule has 5 rings (SSSR count). The van der Waals surface area contributed by atoms with Gasteiger partial charge in [-0.05, 0) is 48.7 Å². The first-order chi connectivity index (χ1) is 16.4. The van der Waals surface area contributed by atoms with Crippen molar-refractivity contribution in [3.63, 3.8) is 0 Å². The number of aromatic nitrogens is 1. The maximum Gasteiger partial charge on any atom is 0.301 e. The van der Waals surface area contributed by atoms with Crippen LogP contribution in [0, 0.1) is 6.92 Å². The Hall–Kier alpha value is -3.29. The van der Waals surface area contributed by atoms with Gasteiger partial charge >= 0.3 is 5.91 Å². The number of amides is 1. The molecule has 0 unspecified atom stereocenters. The van der Waals surface area contributed by atoms with Crippen LogP contribution in [0.2, 0.25) is 0 Å². The number of carbonyl (C=O) groups is 2. The lowest BCUT2D eigenvalue weighted by Gasteiger charge is -2.23. The third-order valence-corrected chi connectivity index (χ3v) is 7.56. The molecule has 0 saturated carbocycles. The van der Waals surface area contributed by atoms with Crippen molar-refractivity contribution in [2.45, 2.75) is 26.3 Å². The Morgan fingerprint density at radius 2 is 1.76 bits per heavy atom. The van der Waals surface area contributed by atoms with Crippen LogP contribution in [-0.4, -0.2) is 21.8 Å². The number of Topliss-reactive ketones (excluding diaryl/α,β-unsaturated/α-hetero) is 1. The smallest absolute Gasteiger partial charge is 0.301 e. The molecule has 1 atom stereocenters. The summed E-state index contributed by atoms with van der Waals surface area (Å²) in [5, 5.41) is 11.6. The predicted molar refractivity (Wildman–Crippen MR) is 139 cm³/mol. The fraction of sp³-hybridized carbons (Fsp3) is 0.148. The third-order valence-electron chi connectivity index (χ3n) is 6.01. The zero-order valence-corrected chi connectivity index (χ0v) is 21.0. The number of halogens is 1. The summed E-state index contributed by atoms with van der Waals surface area (Å²) in [6.45, 7) is 4.03. The van der Waals surface area contributed by atoms with Crippen LogP contribution in [-0.2, 0) is 16.0 Å². The minimum Gasteiger partial charge on any atom is -0.507 e. The van der Waals surface area contributed by atoms with E-state index in [4.69, 9.17) is 0 Å². The summed E-state index contributed by atoms with van der Waals surface area (Å²) in [4.78, 5) is 32.7. The second-order valence-electron chi connectivity index (χ2n) is 8.24. The van der Waals surface area contributed by atoms with Crippen LogP contribution in [0.5, 0.6) is 0 Å². The molecule has 0 radical (unpaired) electrons. The average Bonchev–Trinajstić information content (AvgIpc) is 3.37. The molecule has 0 aliphatic carbocycles. The Bertz CT molecular complexity index is 1460. The molecule has 1 saturated heterocycles. The van der Waals surface area contributed by atoms with Gasteiger partial charge in [0.15, 0.2) is 5.13 Å². The van der Waals surface area contributed by atoms with Crippen LogP contribution >= 0.6 is 27.3 Å². The largest absolute Gasteiger partial charge is 0.507 e. The lowest BCUT2D eigenvalue weighted by molar-refractivity contribution is -0.132. The molecule has 1 fully saturated rings. The van der Waals surface area contributed by atoms with Gasteiger partial charge in [-0.3, -0.25) is 14.5 Å². The second kappa shape index (κ2) is 8.81. The van der Waals surface area contributed by atoms with Crippen molar-refractivity contribution in [1.82, 2.24) is 4.98 Å². The number of carbonyl (C=O) groups excluding carboxylic acids is 2. The van der Waals surface area contributed by atoms with Crippen LogP contribution in [0.3, 0.4) is 0 Å². The molecule has 1 amide bonds. The first-order valence-corrected chi connectivity index (χ1v) is 12.5. The van der Waals surface area contributed by atoms with E-state index in [0.29, 0.717) is 16.3 Å². The molecule has 170 valence electrons. The van der Waals surface area contributed by atoms with E-state index < -0.39 is 17.7 Å². The molecule has 1 N–H and O–H groups in total. The molecule has 4 aromatic rings. The number of aliphatic hydroxyl groups excluding tert-OH is 1. The first-order valence-electron chi connectivity index (χ1n) is 10.9. The third kappa shape index (κ3) is 3.85. The van der Waals surface area contributed by atoms with Crippen molar-refractivity contribution in [3.05, 3.63) is 99.0 Å². The minimum absolute atomic E-state index is 0.0599. The highest BCUT2D eigenvalue weighted by Gasteiger charge is 2.48. The Morgan fingerprint density at radius 1 is 1.06 bits per heavy atom. The number of rotatable bonds is 4. The topological polar surface area (TPSA) is 70.5 Å². The fourth-order valence-electron chi connectivity index (χ4n) is 4.14. The van der Waals surface area contributed by atoms with Gasteiger partial charge in [0.1, 0.15) is 5.76 Å². The Balaban J connectivity index is 1.71. The number of ketones is 1. The van der Waals surface area contributed by atoms with E-state index in [2.05, 4.69) is 33.9 Å². The van der Waals surface area contributed by atoms with Crippen molar-refractivity contribution in [2.24, 2.45) is 0 Å². The standard InChI is InChI=1S/C27H21BrN2O3S/c1-3-16-6-13-20-21(14-16)34-27(29-20)30-23(17-9-11-19(28)12-10-17)22(25(32)26(30)33)24(31)18-7-4-15(2)5-8-18/h4-14,23,31H,3H2,1-2H3/b24-22+/t23-/m1/s1. The van der Waals surface area contributed by atoms with Gasteiger partial charge in [0.05, 0.1) is 21.8 Å². The lowest BCUT2D eigenvalue weighted by Crippen LogP contribution is -2.29. The van der Waals surface area contributed by atoms with Crippen molar-refractivity contribution < 1.29 is 14.7 Å². The van der Waals surface area contributed by atoms with E-state index >= 15 is 0 Å². The van der Waals surface area contributed by atoms with E-state index in [-0.39, 0.29) is 11.3 Å². The summed E-state index contributed by atoms with van der Waals surface area (Å²) in [6.07, 6.45) is 0.892. The molecule has 0 bridgehead atoms. The van der Waals surface area contributed by atoms with Crippen LogP contribution in [0.15, 0.2) is 76.8 Å². The van der Waals surface area contributed by atoms with Gasteiger partial charge in [-0.2, -0.15) is 0 Å². The fourth-order valence-corrected chi connectivity index (χ4v) is 5.46. The SMILES string of the molecule is CCc1ccc2nc(N3C(=O)C(=O)/C(=C(/O)c4ccc(C)cc4)[C@H]3c3ccc(Br)cc3)sc2c1. The summed E-state index contributed by atoms with van der Waals surface area (Å²) in [5.41, 5.74) is 4.24. The molecular weight excluding hydrogens is 512 g/mol. The van der Waals surface area contributed by atoms with Gasteiger partial charge in [-0.1, -0.05) is 82.2 Å². The molecule has 1 aliphatic heterocycles. The number of hydrogen-bond acceptors (Lipinski definition) is 5. The molecule has 2 heterocycles. The summed E-state index contributed by atoms with van der Waals surface area (Å²) in [6, 6.07) is 19.8. The number of nitrogens with zero attached hydrogens (tertiary/aromatic N) is 2. The number of hydrogen-bond donors (Lipinski definition) is 1. The second-order valence-corrected chi connectivity index (χ2v) is 10.2. The Kier molecular flexibility index (Phi) is 5.83. The molecule has 5 nitrogen and oxygen atoms in total. The van der Waals surface area contributed by atoms with E-state index in [0.717, 1.165) is 26.7 Å². The maximum atomic E-state index is 13.3. The zero-order chi connectivity index (χ0) is 24.0. The number of thiazole rings is 1. The molecule has 0 spiro atoms. The van der Waals surface area contributed by atoms with E-state index in [1.165, 1.54) is 21.8 Å². The molecule has 34 heavy (non-hydrogen) atoms. The predicted octanol–water partition coefficient (Wildman–Crippen LogP) is 6.56. The highest BCUT2D eigenvalue weighted by molar-refractivity contribution is 9.10. The van der Waals surface area contributed by atoms with Crippen LogP contribution in [0.4, 0.5) is 5.13 Å². The molecule has 1 aliphatic rings. The lowest BCUT2D eigenvalue weighted by atomic mass is 9.95. The number of anilines is 1. The van der Waals surface area contributed by atoms with E-state index in [1.54, 1.807) is 12.1 Å². The summed E-state index contributed by atoms with van der Waals surface area (Å²) in [5.74, 6) is -1.61. The quantitative estimate of drug-likeness (QED) is 0.183. The number of fused-ring (bicyclic) bond motifs is 1. The van der Waals surface area contributed by atoms with Crippen molar-refractivity contribution in [3.8, 4) is 0 Å². The van der Waals surface area contributed by atoms with Crippen LogP contribution in [0.25, 0.3) is 16.0 Å². The van der Waals surface area contributed by atoms with Crippen molar-refractivity contribution >= 4 is 60.1 Å². The monoisotopic (exact) mass is 532 g/mol. The molecule has 3 aromatic carbocycles. The van der Waals surface area contributed by atoms with Gasteiger partial charge in [-0.15, -0.1) is 0 Å². The maximum absolute atomic E-state index is 13.3. The molecule has 7 heteroatoms.